The first-order chi connectivity index (χ1) is 4.93. The molecule has 0 bridgehead atoms. The van der Waals surface area contributed by atoms with Gasteiger partial charge < -0.3 is 4.74 Å². The monoisotopic (exact) mass is 134 g/mol. The summed E-state index contributed by atoms with van der Waals surface area (Å²) in [5.74, 6) is 0.876. The van der Waals surface area contributed by atoms with E-state index in [1.807, 2.05) is 43.3 Å². The van der Waals surface area contributed by atoms with Gasteiger partial charge >= 0.3 is 0 Å². The Morgan fingerprint density at radius 3 is 2.50 bits per heavy atom. The van der Waals surface area contributed by atoms with Gasteiger partial charge in [-0.3, -0.25) is 0 Å². The van der Waals surface area contributed by atoms with Gasteiger partial charge in [0.1, 0.15) is 5.75 Å². The smallest absolute Gasteiger partial charge is 0.126 e. The van der Waals surface area contributed by atoms with Crippen molar-refractivity contribution in [2.75, 3.05) is 0 Å². The molecule has 0 amide bonds. The summed E-state index contributed by atoms with van der Waals surface area (Å²) in [7, 11) is 0. The Morgan fingerprint density at radius 2 is 1.90 bits per heavy atom. The summed E-state index contributed by atoms with van der Waals surface area (Å²) < 4.78 is 5.17. The third-order valence-corrected chi connectivity index (χ3v) is 1.08. The molecule has 0 N–H and O–H groups in total. The Kier molecular flexibility index (Phi) is 2.56. The minimum Gasteiger partial charge on any atom is -0.465 e. The summed E-state index contributed by atoms with van der Waals surface area (Å²) in [6, 6.07) is 9.68. The Balaban J connectivity index is 2.59. The second-order valence-corrected chi connectivity index (χ2v) is 1.90. The number of benzene rings is 1. The van der Waals surface area contributed by atoms with Gasteiger partial charge in [-0.1, -0.05) is 24.3 Å². The highest BCUT2D eigenvalue weighted by Crippen LogP contribution is 2.07. The van der Waals surface area contributed by atoms with Crippen LogP contribution < -0.4 is 4.74 Å². The van der Waals surface area contributed by atoms with Crippen molar-refractivity contribution in [1.29, 1.82) is 0 Å². The van der Waals surface area contributed by atoms with Crippen LogP contribution in [0.3, 0.4) is 0 Å². The van der Waals surface area contributed by atoms with Crippen molar-refractivity contribution in [2.45, 2.75) is 6.92 Å². The zero-order valence-electron chi connectivity index (χ0n) is 5.95. The van der Waals surface area contributed by atoms with E-state index in [-0.39, 0.29) is 0 Å². The van der Waals surface area contributed by atoms with Gasteiger partial charge in [-0.15, -0.1) is 0 Å². The van der Waals surface area contributed by atoms with Crippen molar-refractivity contribution in [1.82, 2.24) is 0 Å². The summed E-state index contributed by atoms with van der Waals surface area (Å²) in [5, 5.41) is 0. The molecule has 1 nitrogen and oxygen atoms in total. The third kappa shape index (κ3) is 1.94. The molecule has 0 atom stereocenters. The van der Waals surface area contributed by atoms with E-state index in [0.717, 1.165) is 5.75 Å². The zero-order chi connectivity index (χ0) is 7.23. The average Bonchev–Trinajstić information content (AvgIpc) is 2.03. The van der Waals surface area contributed by atoms with E-state index in [4.69, 9.17) is 4.74 Å². The molecule has 0 aliphatic carbocycles. The van der Waals surface area contributed by atoms with E-state index in [9.17, 15) is 0 Å². The SMILES string of the molecule is CC=COc1ccccc1. The summed E-state index contributed by atoms with van der Waals surface area (Å²) in [6.07, 6.45) is 3.52. The standard InChI is InChI=1S/C9H10O/c1-2-8-10-9-6-4-3-5-7-9/h2-8H,1H3. The van der Waals surface area contributed by atoms with Crippen LogP contribution in [-0.4, -0.2) is 0 Å². The number of hydrogen-bond donors (Lipinski definition) is 0. The Bertz CT molecular complexity index is 201. The minimum atomic E-state index is 0.876. The number of hydrogen-bond acceptors (Lipinski definition) is 1. The van der Waals surface area contributed by atoms with E-state index in [1.54, 1.807) is 6.26 Å². The van der Waals surface area contributed by atoms with Gasteiger partial charge in [0.25, 0.3) is 0 Å². The van der Waals surface area contributed by atoms with Crippen molar-refractivity contribution < 1.29 is 4.74 Å². The Morgan fingerprint density at radius 1 is 1.20 bits per heavy atom. The molecule has 1 aromatic carbocycles. The molecule has 0 unspecified atom stereocenters. The maximum atomic E-state index is 5.17. The minimum absolute atomic E-state index is 0.876. The summed E-state index contributed by atoms with van der Waals surface area (Å²) in [6.45, 7) is 1.92. The number of rotatable bonds is 2. The highest BCUT2D eigenvalue weighted by molar-refractivity contribution is 5.21. The molecule has 1 aromatic rings. The van der Waals surface area contributed by atoms with Crippen LogP contribution in [0.25, 0.3) is 0 Å². The highest BCUT2D eigenvalue weighted by Gasteiger charge is 1.83. The van der Waals surface area contributed by atoms with Gasteiger partial charge in [0, 0.05) is 0 Å². The van der Waals surface area contributed by atoms with Gasteiger partial charge in [-0.05, 0) is 19.1 Å². The maximum absolute atomic E-state index is 5.17. The first-order valence-corrected chi connectivity index (χ1v) is 3.26. The molecule has 0 aliphatic rings. The average molecular weight is 134 g/mol. The molecule has 1 heteroatoms. The van der Waals surface area contributed by atoms with Crippen LogP contribution in [0.1, 0.15) is 6.92 Å². The van der Waals surface area contributed by atoms with E-state index in [0.29, 0.717) is 0 Å². The largest absolute Gasteiger partial charge is 0.465 e. The van der Waals surface area contributed by atoms with Crippen LogP contribution >= 0.6 is 0 Å². The molecule has 0 saturated heterocycles. The topological polar surface area (TPSA) is 9.23 Å². The summed E-state index contributed by atoms with van der Waals surface area (Å²) >= 11 is 0. The van der Waals surface area contributed by atoms with Crippen molar-refractivity contribution in [3.63, 3.8) is 0 Å². The number of ether oxygens (including phenoxy) is 1. The second kappa shape index (κ2) is 3.72. The molecule has 0 aromatic heterocycles. The molecule has 0 saturated carbocycles. The molecular formula is C9H10O. The van der Waals surface area contributed by atoms with Gasteiger partial charge in [0.15, 0.2) is 0 Å². The van der Waals surface area contributed by atoms with Gasteiger partial charge in [-0.2, -0.15) is 0 Å². The summed E-state index contributed by atoms with van der Waals surface area (Å²) in [5.41, 5.74) is 0. The molecule has 0 heterocycles. The quantitative estimate of drug-likeness (QED) is 0.565. The van der Waals surface area contributed by atoms with Crippen molar-refractivity contribution >= 4 is 0 Å². The molecule has 52 valence electrons. The molecule has 1 rings (SSSR count). The Labute approximate surface area is 61.0 Å². The van der Waals surface area contributed by atoms with Crippen molar-refractivity contribution in [3.05, 3.63) is 42.7 Å². The predicted octanol–water partition coefficient (Wildman–Crippen LogP) is 2.60. The fourth-order valence-electron chi connectivity index (χ4n) is 0.646. The van der Waals surface area contributed by atoms with Crippen molar-refractivity contribution in [3.8, 4) is 5.75 Å². The van der Waals surface area contributed by atoms with Gasteiger partial charge in [0.05, 0.1) is 6.26 Å². The molecule has 0 radical (unpaired) electrons. The van der Waals surface area contributed by atoms with Crippen LogP contribution in [0.5, 0.6) is 5.75 Å². The van der Waals surface area contributed by atoms with Crippen LogP contribution in [0.15, 0.2) is 42.7 Å². The lowest BCUT2D eigenvalue weighted by Crippen LogP contribution is -1.78. The Hall–Kier alpha value is -1.24. The van der Waals surface area contributed by atoms with E-state index >= 15 is 0 Å². The van der Waals surface area contributed by atoms with Crippen LogP contribution in [-0.2, 0) is 0 Å². The highest BCUT2D eigenvalue weighted by atomic mass is 16.5. The van der Waals surface area contributed by atoms with Crippen LogP contribution in [0.4, 0.5) is 0 Å². The number of para-hydroxylation sites is 1. The first kappa shape index (κ1) is 6.87. The molecule has 0 aliphatic heterocycles. The van der Waals surface area contributed by atoms with Gasteiger partial charge in [0.2, 0.25) is 0 Å². The molecule has 10 heavy (non-hydrogen) atoms. The van der Waals surface area contributed by atoms with Crippen LogP contribution in [0, 0.1) is 0 Å². The van der Waals surface area contributed by atoms with E-state index in [2.05, 4.69) is 0 Å². The lowest BCUT2D eigenvalue weighted by Gasteiger charge is -1.96. The lowest BCUT2D eigenvalue weighted by atomic mass is 10.3. The zero-order valence-corrected chi connectivity index (χ0v) is 5.95. The summed E-state index contributed by atoms with van der Waals surface area (Å²) in [4.78, 5) is 0. The lowest BCUT2D eigenvalue weighted by molar-refractivity contribution is 0.480. The predicted molar refractivity (Wildman–Crippen MR) is 41.9 cm³/mol. The van der Waals surface area contributed by atoms with Crippen LogP contribution in [0.2, 0.25) is 0 Å². The van der Waals surface area contributed by atoms with Gasteiger partial charge in [-0.25, -0.2) is 0 Å². The normalized spacial score (nSPS) is 10.1. The molecule has 0 fully saturated rings. The van der Waals surface area contributed by atoms with E-state index in [1.165, 1.54) is 0 Å². The number of allylic oxidation sites excluding steroid dienone is 1. The maximum Gasteiger partial charge on any atom is 0.126 e. The third-order valence-electron chi connectivity index (χ3n) is 1.08. The van der Waals surface area contributed by atoms with Crippen molar-refractivity contribution in [2.24, 2.45) is 0 Å². The molecule has 0 spiro atoms. The molecular weight excluding hydrogens is 124 g/mol. The van der Waals surface area contributed by atoms with E-state index < -0.39 is 0 Å². The fraction of sp³-hybridized carbons (Fsp3) is 0.111. The second-order valence-electron chi connectivity index (χ2n) is 1.90. The fourth-order valence-corrected chi connectivity index (χ4v) is 0.646. The first-order valence-electron chi connectivity index (χ1n) is 3.26.